The second-order valence-corrected chi connectivity index (χ2v) is 8.07. The lowest BCUT2D eigenvalue weighted by atomic mass is 9.93. The van der Waals surface area contributed by atoms with Gasteiger partial charge in [0, 0.05) is 6.42 Å². The first kappa shape index (κ1) is 20.6. The Bertz CT molecular complexity index is 830. The van der Waals surface area contributed by atoms with Gasteiger partial charge in [0.25, 0.3) is 5.91 Å². The summed E-state index contributed by atoms with van der Waals surface area (Å²) in [5.74, 6) is 3.42. The monoisotopic (exact) mass is 415 g/mol. The van der Waals surface area contributed by atoms with E-state index in [4.69, 9.17) is 31.7 Å². The predicted octanol–water partition coefficient (Wildman–Crippen LogP) is 2.67. The number of nitrogens with one attached hydrogen (secondary N) is 1. The molecule has 28 heavy (non-hydrogen) atoms. The van der Waals surface area contributed by atoms with Crippen LogP contribution in [0.5, 0.6) is 5.75 Å². The number of nitrogens with zero attached hydrogens (tertiary/aromatic N) is 1. The molecule has 2 amide bonds. The maximum Gasteiger partial charge on any atom is 0.413 e. The Labute approximate surface area is 167 Å². The molecule has 0 unspecified atom stereocenters. The third-order valence-corrected chi connectivity index (χ3v) is 5.35. The fourth-order valence-electron chi connectivity index (χ4n) is 3.61. The van der Waals surface area contributed by atoms with E-state index in [0.717, 1.165) is 6.07 Å². The van der Waals surface area contributed by atoms with Gasteiger partial charge in [-0.3, -0.25) is 15.1 Å². The molecule has 2 aliphatic heterocycles. The van der Waals surface area contributed by atoms with Gasteiger partial charge in [0.2, 0.25) is 0 Å². The molecule has 2 aliphatic rings. The van der Waals surface area contributed by atoms with Gasteiger partial charge in [0.1, 0.15) is 11.3 Å². The number of hydrazine groups is 1. The van der Waals surface area contributed by atoms with E-state index in [-0.39, 0.29) is 34.5 Å². The maximum absolute atomic E-state index is 14.8. The molecule has 1 atom stereocenters. The van der Waals surface area contributed by atoms with E-state index in [1.165, 1.54) is 4.90 Å². The van der Waals surface area contributed by atoms with Crippen LogP contribution in [0, 0.1) is 5.82 Å². The van der Waals surface area contributed by atoms with Gasteiger partial charge in [0.15, 0.2) is 11.6 Å². The number of amides is 2. The summed E-state index contributed by atoms with van der Waals surface area (Å²) in [6, 6.07) is 0.668. The molecular weight excluding hydrogens is 393 g/mol. The molecule has 0 saturated carbocycles. The smallest absolute Gasteiger partial charge is 0.413 e. The van der Waals surface area contributed by atoms with Crippen LogP contribution in [0.25, 0.3) is 0 Å². The highest BCUT2D eigenvalue weighted by Crippen LogP contribution is 2.44. The Morgan fingerprint density at radius 1 is 1.39 bits per heavy atom. The summed E-state index contributed by atoms with van der Waals surface area (Å²) in [6.45, 7) is 7.05. The molecule has 0 radical (unpaired) electrons. The lowest BCUT2D eigenvalue weighted by molar-refractivity contribution is -0.0685. The summed E-state index contributed by atoms with van der Waals surface area (Å²) in [4.78, 5) is 26.5. The molecule has 1 aromatic rings. The van der Waals surface area contributed by atoms with E-state index in [1.54, 1.807) is 27.7 Å². The van der Waals surface area contributed by atoms with Crippen molar-refractivity contribution >= 4 is 23.6 Å². The highest BCUT2D eigenvalue weighted by molar-refractivity contribution is 6.35. The minimum Gasteiger partial charge on any atom is -0.490 e. The number of ether oxygens (including phenoxy) is 3. The van der Waals surface area contributed by atoms with Crippen molar-refractivity contribution in [3.8, 4) is 5.75 Å². The van der Waals surface area contributed by atoms with Crippen molar-refractivity contribution in [2.75, 3.05) is 13.2 Å². The molecule has 0 aliphatic carbocycles. The number of rotatable bonds is 1. The minimum absolute atomic E-state index is 0.0532. The number of hydrogen-bond acceptors (Lipinski definition) is 6. The number of hydrogen-bond donors (Lipinski definition) is 2. The molecule has 8 nitrogen and oxygen atoms in total. The number of carbonyl (C=O) groups excluding carboxylic acids is 2. The topological polar surface area (TPSA) is 103 Å². The Balaban J connectivity index is 2.14. The Morgan fingerprint density at radius 3 is 2.71 bits per heavy atom. The summed E-state index contributed by atoms with van der Waals surface area (Å²) in [6.07, 6.45) is -0.226. The first-order chi connectivity index (χ1) is 13.0. The number of nitrogens with two attached hydrogens (primary N) is 1. The molecule has 1 saturated heterocycles. The predicted molar refractivity (Wildman–Crippen MR) is 98.3 cm³/mol. The highest BCUT2D eigenvalue weighted by Gasteiger charge is 2.47. The van der Waals surface area contributed by atoms with Crippen molar-refractivity contribution in [1.29, 1.82) is 0 Å². The molecule has 2 heterocycles. The quantitative estimate of drug-likeness (QED) is 0.415. The molecule has 154 valence electrons. The molecule has 1 fully saturated rings. The normalized spacial score (nSPS) is 23.2. The molecular formula is C18H23ClFN3O5. The first-order valence-electron chi connectivity index (χ1n) is 8.82. The standard InChI is InChI=1S/C18H23ClFN3O5/c1-17(2)12-13(19)10(15(24)22-21)7-11(20)14(12)26-6-5-9-8-27-18(3,4)23(9)16(25)28-17/h7,9H,5-6,8,21H2,1-4H3,(H,22,24)/t9-/m1/s1. The van der Waals surface area contributed by atoms with E-state index in [0.29, 0.717) is 13.0 Å². The number of carbonyl (C=O) groups is 2. The summed E-state index contributed by atoms with van der Waals surface area (Å²) < 4.78 is 31.9. The average molecular weight is 416 g/mol. The molecule has 0 aromatic heterocycles. The number of fused-ring (bicyclic) bond motifs is 2. The number of nitrogen functional groups attached to an aromatic ring is 1. The lowest BCUT2D eigenvalue weighted by Crippen LogP contribution is -2.50. The second kappa shape index (κ2) is 7.06. The van der Waals surface area contributed by atoms with E-state index in [2.05, 4.69) is 0 Å². The molecule has 3 rings (SSSR count). The van der Waals surface area contributed by atoms with Crippen molar-refractivity contribution in [3.05, 3.63) is 28.0 Å². The van der Waals surface area contributed by atoms with Crippen molar-refractivity contribution in [2.24, 2.45) is 5.84 Å². The van der Waals surface area contributed by atoms with Gasteiger partial charge in [0.05, 0.1) is 35.4 Å². The number of cyclic esters (lactones) is 1. The summed E-state index contributed by atoms with van der Waals surface area (Å²) in [7, 11) is 0. The van der Waals surface area contributed by atoms with E-state index in [1.807, 2.05) is 5.43 Å². The Hall–Kier alpha value is -2.10. The van der Waals surface area contributed by atoms with Crippen LogP contribution in [0.3, 0.4) is 0 Å². The van der Waals surface area contributed by atoms with Crippen LogP contribution in [-0.4, -0.2) is 41.9 Å². The molecule has 10 heteroatoms. The van der Waals surface area contributed by atoms with Gasteiger partial charge >= 0.3 is 6.09 Å². The van der Waals surface area contributed by atoms with Crippen LogP contribution in [0.4, 0.5) is 9.18 Å². The molecule has 0 spiro atoms. The van der Waals surface area contributed by atoms with Crippen molar-refractivity contribution < 1.29 is 28.2 Å². The summed E-state index contributed by atoms with van der Waals surface area (Å²) in [5, 5.41) is -0.105. The van der Waals surface area contributed by atoms with Crippen LogP contribution in [-0.2, 0) is 15.1 Å². The lowest BCUT2D eigenvalue weighted by Gasteiger charge is -2.38. The zero-order valence-electron chi connectivity index (χ0n) is 16.1. The minimum atomic E-state index is -1.41. The second-order valence-electron chi connectivity index (χ2n) is 7.69. The van der Waals surface area contributed by atoms with Crippen LogP contribution in [0.15, 0.2) is 6.07 Å². The van der Waals surface area contributed by atoms with Gasteiger partial charge < -0.3 is 14.2 Å². The summed E-state index contributed by atoms with van der Waals surface area (Å²) in [5.41, 5.74) is -0.486. The van der Waals surface area contributed by atoms with Gasteiger partial charge in [-0.05, 0) is 33.8 Å². The first-order valence-corrected chi connectivity index (χ1v) is 9.20. The van der Waals surface area contributed by atoms with Gasteiger partial charge in [-0.25, -0.2) is 15.0 Å². The third kappa shape index (κ3) is 3.38. The fraction of sp³-hybridized carbons (Fsp3) is 0.556. The van der Waals surface area contributed by atoms with Crippen molar-refractivity contribution in [1.82, 2.24) is 10.3 Å². The van der Waals surface area contributed by atoms with Gasteiger partial charge in [-0.2, -0.15) is 0 Å². The average Bonchev–Trinajstić information content (AvgIpc) is 2.90. The summed E-state index contributed by atoms with van der Waals surface area (Å²) >= 11 is 6.40. The SMILES string of the molecule is CC1(C)OC(=O)N2[C@H](CCOc3c(F)cc(C(=O)NN)c(Cl)c31)COC2(C)C. The fourth-order valence-corrected chi connectivity index (χ4v) is 4.07. The number of benzene rings is 1. The highest BCUT2D eigenvalue weighted by atomic mass is 35.5. The largest absolute Gasteiger partial charge is 0.490 e. The maximum atomic E-state index is 14.8. The molecule has 0 bridgehead atoms. The third-order valence-electron chi connectivity index (χ3n) is 4.96. The zero-order chi connectivity index (χ0) is 20.9. The van der Waals surface area contributed by atoms with E-state index < -0.39 is 29.1 Å². The molecule has 1 aromatic carbocycles. The zero-order valence-corrected chi connectivity index (χ0v) is 16.9. The number of halogens is 2. The van der Waals surface area contributed by atoms with E-state index >= 15 is 0 Å². The Morgan fingerprint density at radius 2 is 2.07 bits per heavy atom. The van der Waals surface area contributed by atoms with Crippen LogP contribution >= 0.6 is 11.6 Å². The van der Waals surface area contributed by atoms with Gasteiger partial charge in [-0.1, -0.05) is 11.6 Å². The van der Waals surface area contributed by atoms with Crippen molar-refractivity contribution in [3.63, 3.8) is 0 Å². The van der Waals surface area contributed by atoms with Crippen LogP contribution < -0.4 is 16.0 Å². The van der Waals surface area contributed by atoms with Crippen LogP contribution in [0.2, 0.25) is 5.02 Å². The van der Waals surface area contributed by atoms with Gasteiger partial charge in [-0.15, -0.1) is 0 Å². The van der Waals surface area contributed by atoms with E-state index in [9.17, 15) is 14.0 Å². The van der Waals surface area contributed by atoms with Crippen molar-refractivity contribution in [2.45, 2.75) is 51.5 Å². The Kier molecular flexibility index (Phi) is 5.20. The van der Waals surface area contributed by atoms with Crippen LogP contribution in [0.1, 0.15) is 50.0 Å². The molecule has 3 N–H and O–H groups in total.